The first-order valence-electron chi connectivity index (χ1n) is 8.35. The maximum absolute atomic E-state index is 12.4. The fraction of sp³-hybridized carbons (Fsp3) is 0.250. The Morgan fingerprint density at radius 2 is 1.85 bits per heavy atom. The van der Waals surface area contributed by atoms with Crippen LogP contribution in [0.5, 0.6) is 5.75 Å². The molecule has 0 saturated heterocycles. The van der Waals surface area contributed by atoms with Crippen LogP contribution >= 0.6 is 11.8 Å². The molecular formula is C20H21N3O3S. The molecule has 0 aliphatic carbocycles. The number of rotatable bonds is 9. The van der Waals surface area contributed by atoms with Crippen LogP contribution in [-0.2, 0) is 10.5 Å². The number of nitriles is 1. The molecule has 0 fully saturated rings. The lowest BCUT2D eigenvalue weighted by Crippen LogP contribution is -2.48. The Balaban J connectivity index is 1.95. The molecular weight excluding hydrogens is 362 g/mol. The summed E-state index contributed by atoms with van der Waals surface area (Å²) in [4.78, 5) is 24.6. The number of methoxy groups -OCH3 is 1. The molecule has 1 atom stereocenters. The number of nitrogens with one attached hydrogen (secondary N) is 2. The van der Waals surface area contributed by atoms with E-state index in [9.17, 15) is 9.59 Å². The molecule has 0 aromatic heterocycles. The number of carbonyl (C=O) groups is 2. The number of carbonyl (C=O) groups excluding carboxylic acids is 2. The van der Waals surface area contributed by atoms with Gasteiger partial charge in [0, 0.05) is 17.1 Å². The summed E-state index contributed by atoms with van der Waals surface area (Å²) in [6.07, 6.45) is 0. The Bertz CT molecular complexity index is 788. The van der Waals surface area contributed by atoms with E-state index in [1.165, 1.54) is 11.8 Å². The molecule has 0 spiro atoms. The van der Waals surface area contributed by atoms with Gasteiger partial charge in [-0.2, -0.15) is 17.0 Å². The highest BCUT2D eigenvalue weighted by Crippen LogP contribution is 2.17. The van der Waals surface area contributed by atoms with Crippen LogP contribution in [0, 0.1) is 11.3 Å². The van der Waals surface area contributed by atoms with Gasteiger partial charge in [0.15, 0.2) is 0 Å². The lowest BCUT2D eigenvalue weighted by atomic mass is 10.2. The van der Waals surface area contributed by atoms with Crippen molar-refractivity contribution < 1.29 is 14.3 Å². The van der Waals surface area contributed by atoms with Crippen molar-refractivity contribution in [3.05, 3.63) is 65.7 Å². The van der Waals surface area contributed by atoms with E-state index in [0.717, 1.165) is 11.3 Å². The second-order valence-electron chi connectivity index (χ2n) is 5.63. The minimum atomic E-state index is -0.727. The van der Waals surface area contributed by atoms with E-state index in [1.54, 1.807) is 31.4 Å². The minimum Gasteiger partial charge on any atom is -0.497 e. The Kier molecular flexibility index (Phi) is 8.20. The zero-order valence-corrected chi connectivity index (χ0v) is 15.8. The molecule has 0 bridgehead atoms. The summed E-state index contributed by atoms with van der Waals surface area (Å²) in [5.41, 5.74) is 1.57. The van der Waals surface area contributed by atoms with E-state index in [1.807, 2.05) is 36.4 Å². The summed E-state index contributed by atoms with van der Waals surface area (Å²) in [7, 11) is 1.61. The molecule has 7 heteroatoms. The Labute approximate surface area is 162 Å². The molecule has 0 unspecified atom stereocenters. The molecule has 2 amide bonds. The summed E-state index contributed by atoms with van der Waals surface area (Å²) in [6, 6.07) is 17.5. The molecule has 2 N–H and O–H groups in total. The van der Waals surface area contributed by atoms with Crippen LogP contribution in [-0.4, -0.2) is 37.3 Å². The molecule has 0 saturated carbocycles. The first-order chi connectivity index (χ1) is 13.1. The molecule has 0 aliphatic rings. The summed E-state index contributed by atoms with van der Waals surface area (Å²) in [6.45, 7) is -0.0975. The van der Waals surface area contributed by atoms with Crippen LogP contribution in [0.15, 0.2) is 54.6 Å². The van der Waals surface area contributed by atoms with Crippen LogP contribution in [0.25, 0.3) is 0 Å². The molecule has 2 aromatic rings. The van der Waals surface area contributed by atoms with Crippen molar-refractivity contribution in [1.82, 2.24) is 10.6 Å². The molecule has 0 aliphatic heterocycles. The monoisotopic (exact) mass is 383 g/mol. The van der Waals surface area contributed by atoms with Crippen molar-refractivity contribution in [2.24, 2.45) is 0 Å². The highest BCUT2D eigenvalue weighted by Gasteiger charge is 2.21. The van der Waals surface area contributed by atoms with Gasteiger partial charge in [-0.3, -0.25) is 9.59 Å². The Morgan fingerprint density at radius 1 is 1.15 bits per heavy atom. The van der Waals surface area contributed by atoms with Gasteiger partial charge in [0.1, 0.15) is 18.3 Å². The number of hydrogen-bond acceptors (Lipinski definition) is 5. The van der Waals surface area contributed by atoms with Crippen LogP contribution in [0.1, 0.15) is 15.9 Å². The second kappa shape index (κ2) is 10.9. The van der Waals surface area contributed by atoms with Crippen LogP contribution in [0.2, 0.25) is 0 Å². The van der Waals surface area contributed by atoms with Crippen molar-refractivity contribution in [3.8, 4) is 11.8 Å². The van der Waals surface area contributed by atoms with Gasteiger partial charge in [0.2, 0.25) is 5.91 Å². The highest BCUT2D eigenvalue weighted by molar-refractivity contribution is 7.98. The lowest BCUT2D eigenvalue weighted by molar-refractivity contribution is -0.122. The fourth-order valence-electron chi connectivity index (χ4n) is 2.28. The fourth-order valence-corrected chi connectivity index (χ4v) is 3.30. The molecule has 140 valence electrons. The van der Waals surface area contributed by atoms with E-state index >= 15 is 0 Å². The van der Waals surface area contributed by atoms with E-state index in [-0.39, 0.29) is 18.4 Å². The zero-order chi connectivity index (χ0) is 19.5. The van der Waals surface area contributed by atoms with Gasteiger partial charge in [-0.25, -0.2) is 0 Å². The maximum Gasteiger partial charge on any atom is 0.251 e. The SMILES string of the molecule is COc1ccc(CSC[C@H](NC(=O)c2ccccc2)C(=O)NCC#N)cc1. The average molecular weight is 383 g/mol. The molecule has 0 heterocycles. The standard InChI is InChI=1S/C20H21N3O3S/c1-26-17-9-7-15(8-10-17)13-27-14-18(20(25)22-12-11-21)23-19(24)16-5-3-2-4-6-16/h2-10,18H,12-14H2,1H3,(H,22,25)(H,23,24)/t18-/m0/s1. The van der Waals surface area contributed by atoms with Crippen LogP contribution in [0.3, 0.4) is 0 Å². The molecule has 2 rings (SSSR count). The van der Waals surface area contributed by atoms with Crippen molar-refractivity contribution >= 4 is 23.6 Å². The number of thioether (sulfide) groups is 1. The van der Waals surface area contributed by atoms with Crippen LogP contribution in [0.4, 0.5) is 0 Å². The predicted molar refractivity (Wildman–Crippen MR) is 105 cm³/mol. The van der Waals surface area contributed by atoms with Crippen molar-refractivity contribution in [3.63, 3.8) is 0 Å². The average Bonchev–Trinajstić information content (AvgIpc) is 2.72. The third kappa shape index (κ3) is 6.68. The van der Waals surface area contributed by atoms with Gasteiger partial charge in [0.25, 0.3) is 5.91 Å². The normalized spacial score (nSPS) is 11.1. The molecule has 2 aromatic carbocycles. The smallest absolute Gasteiger partial charge is 0.251 e. The van der Waals surface area contributed by atoms with Crippen molar-refractivity contribution in [2.75, 3.05) is 19.4 Å². The third-order valence-corrected chi connectivity index (χ3v) is 4.82. The van der Waals surface area contributed by atoms with E-state index in [0.29, 0.717) is 17.1 Å². The third-order valence-electron chi connectivity index (χ3n) is 3.71. The molecule has 27 heavy (non-hydrogen) atoms. The highest BCUT2D eigenvalue weighted by atomic mass is 32.2. The number of nitrogens with zero attached hydrogens (tertiary/aromatic N) is 1. The van der Waals surface area contributed by atoms with Crippen molar-refractivity contribution in [2.45, 2.75) is 11.8 Å². The van der Waals surface area contributed by atoms with Gasteiger partial charge < -0.3 is 15.4 Å². The minimum absolute atomic E-state index is 0.0975. The summed E-state index contributed by atoms with van der Waals surface area (Å²) in [5, 5.41) is 13.9. The quantitative estimate of drug-likeness (QED) is 0.649. The van der Waals surface area contributed by atoms with Gasteiger partial charge >= 0.3 is 0 Å². The van der Waals surface area contributed by atoms with Gasteiger partial charge in [-0.1, -0.05) is 30.3 Å². The maximum atomic E-state index is 12.4. The lowest BCUT2D eigenvalue weighted by Gasteiger charge is -2.17. The van der Waals surface area contributed by atoms with E-state index in [4.69, 9.17) is 10.00 Å². The van der Waals surface area contributed by atoms with Gasteiger partial charge in [0.05, 0.1) is 13.2 Å². The van der Waals surface area contributed by atoms with E-state index < -0.39 is 6.04 Å². The Morgan fingerprint density at radius 3 is 2.48 bits per heavy atom. The summed E-state index contributed by atoms with van der Waals surface area (Å²) >= 11 is 1.53. The van der Waals surface area contributed by atoms with Crippen molar-refractivity contribution in [1.29, 1.82) is 5.26 Å². The number of hydrogen-bond donors (Lipinski definition) is 2. The van der Waals surface area contributed by atoms with Gasteiger partial charge in [-0.15, -0.1) is 0 Å². The Hall–Kier alpha value is -2.98. The van der Waals surface area contributed by atoms with E-state index in [2.05, 4.69) is 10.6 Å². The molecule has 0 radical (unpaired) electrons. The first kappa shape index (κ1) is 20.3. The largest absolute Gasteiger partial charge is 0.497 e. The van der Waals surface area contributed by atoms with Crippen LogP contribution < -0.4 is 15.4 Å². The zero-order valence-electron chi connectivity index (χ0n) is 15.0. The number of benzene rings is 2. The topological polar surface area (TPSA) is 91.2 Å². The summed E-state index contributed by atoms with van der Waals surface area (Å²) in [5.74, 6) is 1.17. The first-order valence-corrected chi connectivity index (χ1v) is 9.50. The van der Waals surface area contributed by atoms with Gasteiger partial charge in [-0.05, 0) is 29.8 Å². The number of amides is 2. The summed E-state index contributed by atoms with van der Waals surface area (Å²) < 4.78 is 5.13. The number of ether oxygens (including phenoxy) is 1. The molecule has 6 nitrogen and oxygen atoms in total. The predicted octanol–water partition coefficient (Wildman–Crippen LogP) is 2.37. The second-order valence-corrected chi connectivity index (χ2v) is 6.66.